The van der Waals surface area contributed by atoms with Crippen molar-refractivity contribution >= 4 is 10.9 Å². The van der Waals surface area contributed by atoms with Gasteiger partial charge in [0, 0.05) is 23.1 Å². The molecule has 0 amide bonds. The lowest BCUT2D eigenvalue weighted by Crippen LogP contribution is -1.94. The molecule has 0 aliphatic rings. The Balaban J connectivity index is 2.66. The van der Waals surface area contributed by atoms with Crippen molar-refractivity contribution in [2.45, 2.75) is 26.3 Å². The number of aromatic amines is 1. The molecule has 2 heteroatoms. The molecule has 0 saturated carbocycles. The van der Waals surface area contributed by atoms with Crippen LogP contribution in [0.4, 0.5) is 0 Å². The zero-order chi connectivity index (χ0) is 10.1. The third kappa shape index (κ3) is 1.42. The van der Waals surface area contributed by atoms with Crippen LogP contribution in [0.5, 0.6) is 0 Å². The molecule has 14 heavy (non-hydrogen) atoms. The number of H-pyrrole nitrogens is 1. The molecule has 74 valence electrons. The highest BCUT2D eigenvalue weighted by molar-refractivity contribution is 5.84. The number of hydrogen-bond donors (Lipinski definition) is 2. The van der Waals surface area contributed by atoms with Crippen LogP contribution in [-0.4, -0.2) is 4.98 Å². The van der Waals surface area contributed by atoms with Gasteiger partial charge in [0.25, 0.3) is 0 Å². The van der Waals surface area contributed by atoms with E-state index in [0.29, 0.717) is 12.5 Å². The number of aromatic nitrogens is 1. The average Bonchev–Trinajstić information content (AvgIpc) is 2.59. The van der Waals surface area contributed by atoms with E-state index in [1.54, 1.807) is 0 Å². The fourth-order valence-electron chi connectivity index (χ4n) is 1.85. The quantitative estimate of drug-likeness (QED) is 0.747. The third-order valence-electron chi connectivity index (χ3n) is 2.60. The van der Waals surface area contributed by atoms with Crippen LogP contribution in [0.25, 0.3) is 10.9 Å². The SMILES string of the molecule is CC(C)c1cccc2[nH]c(CN)cc12. The minimum Gasteiger partial charge on any atom is -0.357 e. The summed E-state index contributed by atoms with van der Waals surface area (Å²) in [5.41, 5.74) is 9.29. The topological polar surface area (TPSA) is 41.8 Å². The average molecular weight is 188 g/mol. The van der Waals surface area contributed by atoms with Gasteiger partial charge in [0.1, 0.15) is 0 Å². The van der Waals surface area contributed by atoms with E-state index in [4.69, 9.17) is 5.73 Å². The number of nitrogens with one attached hydrogen (secondary N) is 1. The molecule has 2 rings (SSSR count). The summed E-state index contributed by atoms with van der Waals surface area (Å²) in [6, 6.07) is 8.53. The van der Waals surface area contributed by atoms with Crippen LogP contribution < -0.4 is 5.73 Å². The number of rotatable bonds is 2. The fraction of sp³-hybridized carbons (Fsp3) is 0.333. The van der Waals surface area contributed by atoms with E-state index < -0.39 is 0 Å². The first kappa shape index (κ1) is 9.28. The molecule has 1 aromatic heterocycles. The summed E-state index contributed by atoms with van der Waals surface area (Å²) >= 11 is 0. The second-order valence-corrected chi connectivity index (χ2v) is 3.96. The normalized spacial score (nSPS) is 11.4. The lowest BCUT2D eigenvalue weighted by atomic mass is 9.99. The largest absolute Gasteiger partial charge is 0.357 e. The standard InChI is InChI=1S/C12H16N2/c1-8(2)10-4-3-5-12-11(10)6-9(7-13)14-12/h3-6,8,14H,7,13H2,1-2H3. The molecule has 0 saturated heterocycles. The summed E-state index contributed by atoms with van der Waals surface area (Å²) in [6.45, 7) is 5.00. The molecular weight excluding hydrogens is 172 g/mol. The van der Waals surface area contributed by atoms with Crippen LogP contribution in [0.3, 0.4) is 0 Å². The van der Waals surface area contributed by atoms with Crippen LogP contribution in [-0.2, 0) is 6.54 Å². The Bertz CT molecular complexity index is 441. The Morgan fingerprint density at radius 2 is 2.14 bits per heavy atom. The minimum atomic E-state index is 0.556. The van der Waals surface area contributed by atoms with Crippen LogP contribution in [0.2, 0.25) is 0 Å². The predicted octanol–water partition coefficient (Wildman–Crippen LogP) is 2.75. The monoisotopic (exact) mass is 188 g/mol. The lowest BCUT2D eigenvalue weighted by Gasteiger charge is -2.05. The Hall–Kier alpha value is -1.28. The van der Waals surface area contributed by atoms with Gasteiger partial charge in [-0.2, -0.15) is 0 Å². The number of nitrogens with two attached hydrogens (primary N) is 1. The van der Waals surface area contributed by atoms with Gasteiger partial charge in [-0.1, -0.05) is 26.0 Å². The molecule has 0 aliphatic heterocycles. The molecule has 2 aromatic rings. The Morgan fingerprint density at radius 3 is 2.79 bits per heavy atom. The predicted molar refractivity (Wildman–Crippen MR) is 60.3 cm³/mol. The van der Waals surface area contributed by atoms with Crippen molar-refractivity contribution in [2.24, 2.45) is 5.73 Å². The Morgan fingerprint density at radius 1 is 1.36 bits per heavy atom. The van der Waals surface area contributed by atoms with Gasteiger partial charge in [-0.25, -0.2) is 0 Å². The molecule has 0 unspecified atom stereocenters. The van der Waals surface area contributed by atoms with Gasteiger partial charge in [-0.05, 0) is 23.6 Å². The molecule has 1 aromatic carbocycles. The zero-order valence-corrected chi connectivity index (χ0v) is 8.67. The molecule has 1 heterocycles. The van der Waals surface area contributed by atoms with Crippen molar-refractivity contribution < 1.29 is 0 Å². The van der Waals surface area contributed by atoms with Gasteiger partial charge in [0.2, 0.25) is 0 Å². The maximum atomic E-state index is 5.61. The summed E-state index contributed by atoms with van der Waals surface area (Å²) in [4.78, 5) is 3.32. The van der Waals surface area contributed by atoms with E-state index in [2.05, 4.69) is 43.1 Å². The molecule has 0 atom stereocenters. The molecule has 0 aliphatic carbocycles. The minimum absolute atomic E-state index is 0.556. The summed E-state index contributed by atoms with van der Waals surface area (Å²) in [5.74, 6) is 0.556. The third-order valence-corrected chi connectivity index (χ3v) is 2.60. The molecule has 3 N–H and O–H groups in total. The van der Waals surface area contributed by atoms with Crippen molar-refractivity contribution in [1.82, 2.24) is 4.98 Å². The second-order valence-electron chi connectivity index (χ2n) is 3.96. The van der Waals surface area contributed by atoms with E-state index in [-0.39, 0.29) is 0 Å². The zero-order valence-electron chi connectivity index (χ0n) is 8.67. The van der Waals surface area contributed by atoms with E-state index in [9.17, 15) is 0 Å². The van der Waals surface area contributed by atoms with Gasteiger partial charge in [-0.3, -0.25) is 0 Å². The molecule has 2 nitrogen and oxygen atoms in total. The summed E-state index contributed by atoms with van der Waals surface area (Å²) < 4.78 is 0. The highest BCUT2D eigenvalue weighted by atomic mass is 14.7. The fourth-order valence-corrected chi connectivity index (χ4v) is 1.85. The van der Waals surface area contributed by atoms with E-state index in [1.807, 2.05) is 0 Å². The van der Waals surface area contributed by atoms with Crippen LogP contribution in [0.1, 0.15) is 31.0 Å². The molecule has 0 fully saturated rings. The van der Waals surface area contributed by atoms with E-state index >= 15 is 0 Å². The highest BCUT2D eigenvalue weighted by Gasteiger charge is 2.06. The van der Waals surface area contributed by atoms with Crippen molar-refractivity contribution in [3.8, 4) is 0 Å². The lowest BCUT2D eigenvalue weighted by molar-refractivity contribution is 0.876. The van der Waals surface area contributed by atoms with Crippen LogP contribution in [0.15, 0.2) is 24.3 Å². The second kappa shape index (κ2) is 3.46. The summed E-state index contributed by atoms with van der Waals surface area (Å²) in [7, 11) is 0. The van der Waals surface area contributed by atoms with Crippen LogP contribution >= 0.6 is 0 Å². The number of hydrogen-bond acceptors (Lipinski definition) is 1. The van der Waals surface area contributed by atoms with Crippen molar-refractivity contribution in [3.05, 3.63) is 35.5 Å². The molecule has 0 spiro atoms. The van der Waals surface area contributed by atoms with Gasteiger partial charge in [0.05, 0.1) is 0 Å². The van der Waals surface area contributed by atoms with Gasteiger partial charge < -0.3 is 10.7 Å². The van der Waals surface area contributed by atoms with Crippen molar-refractivity contribution in [2.75, 3.05) is 0 Å². The first-order valence-electron chi connectivity index (χ1n) is 5.03. The van der Waals surface area contributed by atoms with Crippen molar-refractivity contribution in [1.29, 1.82) is 0 Å². The molecular formula is C12H16N2. The van der Waals surface area contributed by atoms with Crippen LogP contribution in [0, 0.1) is 0 Å². The van der Waals surface area contributed by atoms with Gasteiger partial charge >= 0.3 is 0 Å². The maximum absolute atomic E-state index is 5.61. The van der Waals surface area contributed by atoms with Gasteiger partial charge in [-0.15, -0.1) is 0 Å². The van der Waals surface area contributed by atoms with Crippen molar-refractivity contribution in [3.63, 3.8) is 0 Å². The van der Waals surface area contributed by atoms with Gasteiger partial charge in [0.15, 0.2) is 0 Å². The first-order valence-corrected chi connectivity index (χ1v) is 5.03. The Kier molecular flexibility index (Phi) is 2.30. The smallest absolute Gasteiger partial charge is 0.0459 e. The van der Waals surface area contributed by atoms with E-state index in [0.717, 1.165) is 5.69 Å². The highest BCUT2D eigenvalue weighted by Crippen LogP contribution is 2.25. The molecule has 0 radical (unpaired) electrons. The maximum Gasteiger partial charge on any atom is 0.0459 e. The first-order chi connectivity index (χ1) is 6.72. The number of benzene rings is 1. The van der Waals surface area contributed by atoms with E-state index in [1.165, 1.54) is 16.5 Å². The Labute approximate surface area is 84.1 Å². The summed E-state index contributed by atoms with van der Waals surface area (Å²) in [6.07, 6.45) is 0. The molecule has 0 bridgehead atoms. The summed E-state index contributed by atoms with van der Waals surface area (Å²) in [5, 5.41) is 1.31. The number of fused-ring (bicyclic) bond motifs is 1.